The molecule has 4 rings (SSSR count). The molecule has 132 valence electrons. The lowest BCUT2D eigenvalue weighted by Crippen LogP contribution is -2.32. The molecule has 0 bridgehead atoms. The van der Waals surface area contributed by atoms with E-state index in [0.717, 1.165) is 24.3 Å². The van der Waals surface area contributed by atoms with Gasteiger partial charge in [0.25, 0.3) is 5.91 Å². The molecule has 0 saturated carbocycles. The third-order valence-electron chi connectivity index (χ3n) is 4.59. The van der Waals surface area contributed by atoms with Gasteiger partial charge in [-0.15, -0.1) is 0 Å². The number of amides is 1. The Labute approximate surface area is 156 Å². The van der Waals surface area contributed by atoms with Crippen LogP contribution in [-0.4, -0.2) is 31.0 Å². The molecule has 0 fully saturated rings. The number of benzene rings is 2. The third kappa shape index (κ3) is 2.84. The highest BCUT2D eigenvalue weighted by Crippen LogP contribution is 2.35. The van der Waals surface area contributed by atoms with Crippen LogP contribution in [0.3, 0.4) is 0 Å². The topological polar surface area (TPSA) is 49.6 Å². The quantitative estimate of drug-likeness (QED) is 0.670. The molecule has 3 aromatic rings. The second-order valence-corrected chi connectivity index (χ2v) is 6.64. The zero-order valence-electron chi connectivity index (χ0n) is 14.4. The number of para-hydroxylation sites is 2. The molecule has 0 radical (unpaired) electrons. The first kappa shape index (κ1) is 16.7. The predicted octanol–water partition coefficient (Wildman–Crippen LogP) is 4.48. The van der Waals surface area contributed by atoms with Crippen LogP contribution in [0.5, 0.6) is 0 Å². The van der Waals surface area contributed by atoms with Gasteiger partial charge >= 0.3 is 0 Å². The maximum atomic E-state index is 13.3. The Morgan fingerprint density at radius 1 is 1.08 bits per heavy atom. The van der Waals surface area contributed by atoms with Gasteiger partial charge in [-0.25, -0.2) is 4.98 Å². The first-order chi connectivity index (χ1) is 12.7. The minimum absolute atomic E-state index is 0.184. The van der Waals surface area contributed by atoms with Crippen molar-refractivity contribution in [3.63, 3.8) is 0 Å². The summed E-state index contributed by atoms with van der Waals surface area (Å²) in [6, 6.07) is 15.2. The normalized spacial score (nSPS) is 14.1. The number of hydrogen-bond donors (Lipinski definition) is 0. The highest BCUT2D eigenvalue weighted by molar-refractivity contribution is 6.33. The summed E-state index contributed by atoms with van der Waals surface area (Å²) in [6.07, 6.45) is 2.16. The number of anilines is 2. The zero-order chi connectivity index (χ0) is 18.1. The smallest absolute Gasteiger partial charge is 0.280 e. The van der Waals surface area contributed by atoms with Crippen molar-refractivity contribution in [3.05, 3.63) is 65.6 Å². The van der Waals surface area contributed by atoms with E-state index in [1.165, 1.54) is 6.39 Å². The van der Waals surface area contributed by atoms with Gasteiger partial charge in [0.2, 0.25) is 0 Å². The molecule has 0 saturated heterocycles. The van der Waals surface area contributed by atoms with Crippen molar-refractivity contribution in [2.24, 2.45) is 0 Å². The monoisotopic (exact) mass is 367 g/mol. The number of carbonyl (C=O) groups excluding carboxylic acids is 1. The van der Waals surface area contributed by atoms with Crippen LogP contribution in [0.4, 0.5) is 11.4 Å². The first-order valence-electron chi connectivity index (χ1n) is 8.47. The molecule has 1 amide bonds. The molecule has 0 aliphatic carbocycles. The van der Waals surface area contributed by atoms with E-state index in [0.29, 0.717) is 22.9 Å². The van der Waals surface area contributed by atoms with Crippen LogP contribution in [0.15, 0.2) is 59.3 Å². The van der Waals surface area contributed by atoms with E-state index in [1.54, 1.807) is 11.0 Å². The number of halogens is 1. The van der Waals surface area contributed by atoms with E-state index in [2.05, 4.69) is 9.88 Å². The van der Waals surface area contributed by atoms with Gasteiger partial charge in [-0.05, 0) is 30.7 Å². The molecule has 5 nitrogen and oxygen atoms in total. The highest BCUT2D eigenvalue weighted by atomic mass is 35.5. The van der Waals surface area contributed by atoms with Gasteiger partial charge in [-0.3, -0.25) is 4.79 Å². The Kier molecular flexibility index (Phi) is 4.39. The summed E-state index contributed by atoms with van der Waals surface area (Å²) in [5, 5.41) is 0.522. The number of carbonyl (C=O) groups is 1. The Morgan fingerprint density at radius 3 is 2.62 bits per heavy atom. The van der Waals surface area contributed by atoms with Crippen LogP contribution in [0, 0.1) is 0 Å². The van der Waals surface area contributed by atoms with Crippen LogP contribution in [0.2, 0.25) is 5.02 Å². The summed E-state index contributed by atoms with van der Waals surface area (Å²) in [6.45, 7) is 1.51. The van der Waals surface area contributed by atoms with E-state index < -0.39 is 0 Å². The van der Waals surface area contributed by atoms with Crippen LogP contribution in [0.25, 0.3) is 11.3 Å². The average molecular weight is 368 g/mol. The molecule has 0 unspecified atom stereocenters. The fourth-order valence-electron chi connectivity index (χ4n) is 3.30. The largest absolute Gasteiger partial charge is 0.443 e. The third-order valence-corrected chi connectivity index (χ3v) is 4.92. The van der Waals surface area contributed by atoms with Crippen LogP contribution < -0.4 is 9.80 Å². The van der Waals surface area contributed by atoms with Gasteiger partial charge in [0.1, 0.15) is 0 Å². The summed E-state index contributed by atoms with van der Waals surface area (Å²) in [5.41, 5.74) is 2.85. The molecule has 2 heterocycles. The van der Waals surface area contributed by atoms with Gasteiger partial charge in [-0.2, -0.15) is 0 Å². The predicted molar refractivity (Wildman–Crippen MR) is 103 cm³/mol. The number of hydrogen-bond acceptors (Lipinski definition) is 4. The molecule has 1 aliphatic heterocycles. The van der Waals surface area contributed by atoms with Crippen molar-refractivity contribution in [2.45, 2.75) is 6.42 Å². The van der Waals surface area contributed by atoms with Crippen molar-refractivity contribution < 1.29 is 9.21 Å². The van der Waals surface area contributed by atoms with Crippen molar-refractivity contribution >= 4 is 28.9 Å². The fraction of sp³-hybridized carbons (Fsp3) is 0.200. The molecule has 0 N–H and O–H groups in total. The molecule has 2 aromatic carbocycles. The van der Waals surface area contributed by atoms with Crippen molar-refractivity contribution in [1.29, 1.82) is 0 Å². The maximum absolute atomic E-state index is 13.3. The molecule has 1 aliphatic rings. The fourth-order valence-corrected chi connectivity index (χ4v) is 3.52. The summed E-state index contributed by atoms with van der Waals surface area (Å²) >= 11 is 6.29. The van der Waals surface area contributed by atoms with Crippen LogP contribution in [-0.2, 0) is 0 Å². The standard InChI is InChI=1S/C20H18ClN3O2/c1-23-11-6-12-24(17-10-5-4-9-16(17)23)20(25)18-19(26-13-22-18)14-7-2-3-8-15(14)21/h2-5,7-10,13H,6,11-12H2,1H3. The zero-order valence-corrected chi connectivity index (χ0v) is 15.1. The molecule has 26 heavy (non-hydrogen) atoms. The molecule has 1 aromatic heterocycles. The Bertz CT molecular complexity index is 953. The molecule has 0 atom stereocenters. The second-order valence-electron chi connectivity index (χ2n) is 6.23. The van der Waals surface area contributed by atoms with Gasteiger partial charge in [0, 0.05) is 25.7 Å². The number of aromatic nitrogens is 1. The number of nitrogens with zero attached hydrogens (tertiary/aromatic N) is 3. The van der Waals surface area contributed by atoms with Crippen LogP contribution >= 0.6 is 11.6 Å². The lowest BCUT2D eigenvalue weighted by molar-refractivity contribution is 0.0983. The van der Waals surface area contributed by atoms with E-state index >= 15 is 0 Å². The molecular weight excluding hydrogens is 350 g/mol. The second kappa shape index (κ2) is 6.84. The summed E-state index contributed by atoms with van der Waals surface area (Å²) in [5.74, 6) is 0.215. The summed E-state index contributed by atoms with van der Waals surface area (Å²) in [7, 11) is 2.04. The molecule has 6 heteroatoms. The molecular formula is C20H18ClN3O2. The molecule has 0 spiro atoms. The minimum Gasteiger partial charge on any atom is -0.443 e. The number of rotatable bonds is 2. The minimum atomic E-state index is -0.184. The number of oxazole rings is 1. The number of fused-ring (bicyclic) bond motifs is 1. The average Bonchev–Trinajstić information content (AvgIpc) is 3.08. The van der Waals surface area contributed by atoms with Gasteiger partial charge in [0.05, 0.1) is 16.4 Å². The van der Waals surface area contributed by atoms with E-state index in [4.69, 9.17) is 16.0 Å². The Hall–Kier alpha value is -2.79. The van der Waals surface area contributed by atoms with E-state index in [1.807, 2.05) is 49.5 Å². The van der Waals surface area contributed by atoms with E-state index in [9.17, 15) is 4.79 Å². The Morgan fingerprint density at radius 2 is 1.81 bits per heavy atom. The summed E-state index contributed by atoms with van der Waals surface area (Å²) in [4.78, 5) is 21.5. The van der Waals surface area contributed by atoms with Crippen molar-refractivity contribution in [3.8, 4) is 11.3 Å². The maximum Gasteiger partial charge on any atom is 0.280 e. The van der Waals surface area contributed by atoms with Crippen molar-refractivity contribution in [1.82, 2.24) is 4.98 Å². The first-order valence-corrected chi connectivity index (χ1v) is 8.85. The lowest BCUT2D eigenvalue weighted by Gasteiger charge is -2.23. The van der Waals surface area contributed by atoms with E-state index in [-0.39, 0.29) is 11.6 Å². The van der Waals surface area contributed by atoms with Gasteiger partial charge in [0.15, 0.2) is 17.8 Å². The lowest BCUT2D eigenvalue weighted by atomic mass is 10.1. The van der Waals surface area contributed by atoms with Crippen LogP contribution in [0.1, 0.15) is 16.9 Å². The SMILES string of the molecule is CN1CCCN(C(=O)c2ncoc2-c2ccccc2Cl)c2ccccc21. The van der Waals surface area contributed by atoms with Gasteiger partial charge in [-0.1, -0.05) is 35.9 Å². The van der Waals surface area contributed by atoms with Crippen molar-refractivity contribution in [2.75, 3.05) is 29.9 Å². The van der Waals surface area contributed by atoms with Gasteiger partial charge < -0.3 is 14.2 Å². The highest BCUT2D eigenvalue weighted by Gasteiger charge is 2.29. The Balaban J connectivity index is 1.77. The summed E-state index contributed by atoms with van der Waals surface area (Å²) < 4.78 is 5.53.